The van der Waals surface area contributed by atoms with Crippen LogP contribution in [0.4, 0.5) is 5.69 Å². The summed E-state index contributed by atoms with van der Waals surface area (Å²) in [5, 5.41) is 3.31. The van der Waals surface area contributed by atoms with Gasteiger partial charge in [0.15, 0.2) is 6.23 Å². The van der Waals surface area contributed by atoms with Gasteiger partial charge in [-0.05, 0) is 19.1 Å². The Morgan fingerprint density at radius 2 is 2.38 bits per heavy atom. The van der Waals surface area contributed by atoms with Gasteiger partial charge in [0.2, 0.25) is 0 Å². The average molecular weight is 221 g/mol. The molecule has 2 heterocycles. The van der Waals surface area contributed by atoms with E-state index in [2.05, 4.69) is 5.32 Å². The first-order chi connectivity index (χ1) is 7.84. The monoisotopic (exact) mass is 221 g/mol. The molecule has 0 radical (unpaired) electrons. The fraction of sp³-hybridized carbons (Fsp3) is 0.500. The van der Waals surface area contributed by atoms with Crippen LogP contribution < -0.4 is 10.1 Å². The lowest BCUT2D eigenvalue weighted by Gasteiger charge is -2.39. The van der Waals surface area contributed by atoms with E-state index in [0.29, 0.717) is 13.2 Å². The molecule has 4 nitrogen and oxygen atoms in total. The molecule has 1 aromatic carbocycles. The zero-order valence-electron chi connectivity index (χ0n) is 9.23. The predicted octanol–water partition coefficient (Wildman–Crippen LogP) is 1.97. The molecular formula is C12H15NO3. The lowest BCUT2D eigenvalue weighted by Crippen LogP contribution is -2.53. The Labute approximate surface area is 94.5 Å². The summed E-state index contributed by atoms with van der Waals surface area (Å²) in [7, 11) is 0. The molecule has 0 amide bonds. The molecule has 2 aliphatic rings. The highest BCUT2D eigenvalue weighted by Crippen LogP contribution is 2.41. The molecule has 1 fully saturated rings. The van der Waals surface area contributed by atoms with Gasteiger partial charge in [-0.3, -0.25) is 0 Å². The van der Waals surface area contributed by atoms with Crippen molar-refractivity contribution in [3.05, 3.63) is 24.3 Å². The van der Waals surface area contributed by atoms with Gasteiger partial charge >= 0.3 is 0 Å². The van der Waals surface area contributed by atoms with Crippen LogP contribution in [-0.2, 0) is 9.47 Å². The summed E-state index contributed by atoms with van der Waals surface area (Å²) in [4.78, 5) is 0. The molecule has 1 N–H and O–H groups in total. The Morgan fingerprint density at radius 1 is 1.50 bits per heavy atom. The average Bonchev–Trinajstić information content (AvgIpc) is 2.68. The van der Waals surface area contributed by atoms with Gasteiger partial charge in [0.1, 0.15) is 5.75 Å². The van der Waals surface area contributed by atoms with Crippen molar-refractivity contribution in [3.63, 3.8) is 0 Å². The second-order valence-corrected chi connectivity index (χ2v) is 3.99. The molecule has 0 aliphatic carbocycles. The Morgan fingerprint density at radius 3 is 3.25 bits per heavy atom. The van der Waals surface area contributed by atoms with Crippen LogP contribution in [0.15, 0.2) is 24.3 Å². The lowest BCUT2D eigenvalue weighted by molar-refractivity contribution is -0.205. The SMILES string of the molecule is CCO[C@@]12CCO[C@@H]1Nc1ccccc1O2. The number of ether oxygens (including phenoxy) is 3. The quantitative estimate of drug-likeness (QED) is 0.828. The van der Waals surface area contributed by atoms with Crippen LogP contribution in [0.3, 0.4) is 0 Å². The van der Waals surface area contributed by atoms with Crippen molar-refractivity contribution in [3.8, 4) is 5.75 Å². The number of para-hydroxylation sites is 2. The van der Waals surface area contributed by atoms with Crippen LogP contribution in [0.5, 0.6) is 5.75 Å². The maximum Gasteiger partial charge on any atom is 0.258 e. The highest BCUT2D eigenvalue weighted by Gasteiger charge is 2.50. The van der Waals surface area contributed by atoms with Crippen LogP contribution in [-0.4, -0.2) is 25.2 Å². The first kappa shape index (κ1) is 9.93. The molecule has 0 aromatic heterocycles. The van der Waals surface area contributed by atoms with Gasteiger partial charge < -0.3 is 19.5 Å². The zero-order chi connectivity index (χ0) is 11.0. The van der Waals surface area contributed by atoms with Crippen molar-refractivity contribution >= 4 is 5.69 Å². The second-order valence-electron chi connectivity index (χ2n) is 3.99. The Hall–Kier alpha value is -1.26. The van der Waals surface area contributed by atoms with E-state index in [9.17, 15) is 0 Å². The molecule has 86 valence electrons. The fourth-order valence-electron chi connectivity index (χ4n) is 2.26. The normalized spacial score (nSPS) is 31.2. The topological polar surface area (TPSA) is 39.7 Å². The van der Waals surface area contributed by atoms with Crippen LogP contribution in [0.1, 0.15) is 13.3 Å². The van der Waals surface area contributed by atoms with Gasteiger partial charge in [0.05, 0.1) is 12.3 Å². The number of fused-ring (bicyclic) bond motifs is 2. The fourth-order valence-corrected chi connectivity index (χ4v) is 2.26. The summed E-state index contributed by atoms with van der Waals surface area (Å²) >= 11 is 0. The molecule has 4 heteroatoms. The molecular weight excluding hydrogens is 206 g/mol. The van der Waals surface area contributed by atoms with Crippen molar-refractivity contribution in [2.75, 3.05) is 18.5 Å². The van der Waals surface area contributed by atoms with E-state index in [1.54, 1.807) is 0 Å². The van der Waals surface area contributed by atoms with E-state index in [1.807, 2.05) is 31.2 Å². The first-order valence-corrected chi connectivity index (χ1v) is 5.64. The molecule has 0 bridgehead atoms. The second kappa shape index (κ2) is 3.64. The minimum atomic E-state index is -0.650. The summed E-state index contributed by atoms with van der Waals surface area (Å²) in [5.74, 6) is 0.182. The molecule has 0 spiro atoms. The number of nitrogens with one attached hydrogen (secondary N) is 1. The van der Waals surface area contributed by atoms with Crippen molar-refractivity contribution < 1.29 is 14.2 Å². The molecule has 0 saturated carbocycles. The van der Waals surface area contributed by atoms with Crippen LogP contribution in [0.25, 0.3) is 0 Å². The van der Waals surface area contributed by atoms with E-state index in [0.717, 1.165) is 17.9 Å². The lowest BCUT2D eigenvalue weighted by atomic mass is 10.1. The third kappa shape index (κ3) is 1.37. The maximum absolute atomic E-state index is 5.97. The number of anilines is 1. The summed E-state index contributed by atoms with van der Waals surface area (Å²) < 4.78 is 17.3. The molecule has 1 aromatic rings. The van der Waals surface area contributed by atoms with Gasteiger partial charge in [0.25, 0.3) is 5.79 Å². The highest BCUT2D eigenvalue weighted by molar-refractivity contribution is 5.58. The summed E-state index contributed by atoms with van der Waals surface area (Å²) in [5.41, 5.74) is 0.963. The summed E-state index contributed by atoms with van der Waals surface area (Å²) in [6.45, 7) is 3.24. The maximum atomic E-state index is 5.97. The molecule has 2 atom stereocenters. The molecule has 1 saturated heterocycles. The predicted molar refractivity (Wildman–Crippen MR) is 59.4 cm³/mol. The van der Waals surface area contributed by atoms with Crippen molar-refractivity contribution in [2.24, 2.45) is 0 Å². The van der Waals surface area contributed by atoms with E-state index in [1.165, 1.54) is 0 Å². The van der Waals surface area contributed by atoms with Gasteiger partial charge in [0, 0.05) is 13.0 Å². The Bertz CT molecular complexity index is 396. The Kier molecular flexibility index (Phi) is 2.26. The van der Waals surface area contributed by atoms with Crippen molar-refractivity contribution in [1.29, 1.82) is 0 Å². The largest absolute Gasteiger partial charge is 0.455 e. The molecule has 2 aliphatic heterocycles. The molecule has 3 rings (SSSR count). The van der Waals surface area contributed by atoms with E-state index in [-0.39, 0.29) is 6.23 Å². The summed E-state index contributed by atoms with van der Waals surface area (Å²) in [6, 6.07) is 7.85. The van der Waals surface area contributed by atoms with Crippen molar-refractivity contribution in [1.82, 2.24) is 0 Å². The number of hydrogen-bond donors (Lipinski definition) is 1. The van der Waals surface area contributed by atoms with E-state index in [4.69, 9.17) is 14.2 Å². The van der Waals surface area contributed by atoms with E-state index >= 15 is 0 Å². The third-order valence-electron chi connectivity index (χ3n) is 2.98. The van der Waals surface area contributed by atoms with Gasteiger partial charge in [-0.1, -0.05) is 12.1 Å². The standard InChI is InChI=1S/C12H15NO3/c1-2-15-12-7-8-14-11(12)13-9-5-3-4-6-10(9)16-12/h3-6,11,13H,2,7-8H2,1H3/t11-,12+/m0/s1. The Balaban J connectivity index is 1.96. The van der Waals surface area contributed by atoms with Crippen LogP contribution in [0, 0.1) is 0 Å². The van der Waals surface area contributed by atoms with E-state index < -0.39 is 5.79 Å². The van der Waals surface area contributed by atoms with Crippen LogP contribution >= 0.6 is 0 Å². The minimum absolute atomic E-state index is 0.206. The highest BCUT2D eigenvalue weighted by atomic mass is 16.7. The van der Waals surface area contributed by atoms with Gasteiger partial charge in [-0.2, -0.15) is 0 Å². The molecule has 16 heavy (non-hydrogen) atoms. The zero-order valence-corrected chi connectivity index (χ0v) is 9.23. The smallest absolute Gasteiger partial charge is 0.258 e. The minimum Gasteiger partial charge on any atom is -0.455 e. The van der Waals surface area contributed by atoms with Gasteiger partial charge in [-0.25, -0.2) is 0 Å². The van der Waals surface area contributed by atoms with Crippen LogP contribution in [0.2, 0.25) is 0 Å². The molecule has 0 unspecified atom stereocenters. The van der Waals surface area contributed by atoms with Crippen molar-refractivity contribution in [2.45, 2.75) is 25.4 Å². The first-order valence-electron chi connectivity index (χ1n) is 5.64. The number of rotatable bonds is 2. The van der Waals surface area contributed by atoms with Gasteiger partial charge in [-0.15, -0.1) is 0 Å². The third-order valence-corrected chi connectivity index (χ3v) is 2.98. The summed E-state index contributed by atoms with van der Waals surface area (Å²) in [6.07, 6.45) is 0.551. The number of hydrogen-bond acceptors (Lipinski definition) is 4. The number of benzene rings is 1.